The molecule has 0 saturated heterocycles. The lowest BCUT2D eigenvalue weighted by Crippen LogP contribution is -1.99. The first-order valence-corrected chi connectivity index (χ1v) is 7.00. The van der Waals surface area contributed by atoms with Crippen molar-refractivity contribution in [1.82, 2.24) is 4.98 Å². The highest BCUT2D eigenvalue weighted by molar-refractivity contribution is 7.10. The Labute approximate surface area is 119 Å². The van der Waals surface area contributed by atoms with E-state index >= 15 is 0 Å². The number of hydrogen-bond acceptors (Lipinski definition) is 4. The van der Waals surface area contributed by atoms with Crippen molar-refractivity contribution >= 4 is 33.9 Å². The predicted octanol–water partition coefficient (Wildman–Crippen LogP) is 3.61. The van der Waals surface area contributed by atoms with Crippen molar-refractivity contribution in [3.63, 3.8) is 0 Å². The van der Waals surface area contributed by atoms with Gasteiger partial charge in [0.05, 0.1) is 11.1 Å². The molecule has 0 atom stereocenters. The molecule has 0 spiro atoms. The minimum Gasteiger partial charge on any atom is -0.478 e. The number of aromatic nitrogens is 1. The summed E-state index contributed by atoms with van der Waals surface area (Å²) in [5.74, 6) is -0.887. The van der Waals surface area contributed by atoms with Crippen molar-refractivity contribution < 1.29 is 9.90 Å². The molecule has 20 heavy (non-hydrogen) atoms. The first-order chi connectivity index (χ1) is 9.74. The number of thiophene rings is 1. The van der Waals surface area contributed by atoms with E-state index in [1.807, 2.05) is 30.3 Å². The van der Waals surface area contributed by atoms with Crippen molar-refractivity contribution in [1.29, 1.82) is 0 Å². The lowest BCUT2D eigenvalue weighted by Gasteiger charge is -2.08. The standard InChI is InChI=1S/C15H12N2O2S/c18-15(19)10-7-11(20-9-10)8-17-14-5-1-4-13-12(14)3-2-6-16-13/h1-7,9,17H,8H2,(H,18,19). The van der Waals surface area contributed by atoms with E-state index in [9.17, 15) is 4.79 Å². The third-order valence-electron chi connectivity index (χ3n) is 3.00. The van der Waals surface area contributed by atoms with Crippen molar-refractivity contribution in [2.45, 2.75) is 6.54 Å². The van der Waals surface area contributed by atoms with Gasteiger partial charge in [-0.2, -0.15) is 0 Å². The van der Waals surface area contributed by atoms with E-state index in [0.29, 0.717) is 12.1 Å². The van der Waals surface area contributed by atoms with Crippen molar-refractivity contribution in [2.75, 3.05) is 5.32 Å². The highest BCUT2D eigenvalue weighted by atomic mass is 32.1. The van der Waals surface area contributed by atoms with Gasteiger partial charge in [-0.05, 0) is 30.3 Å². The molecule has 0 aliphatic heterocycles. The normalized spacial score (nSPS) is 10.6. The zero-order valence-corrected chi connectivity index (χ0v) is 11.4. The molecular formula is C15H12N2O2S. The molecule has 0 fully saturated rings. The molecule has 1 aromatic carbocycles. The monoisotopic (exact) mass is 284 g/mol. The number of pyridine rings is 1. The Balaban J connectivity index is 1.81. The van der Waals surface area contributed by atoms with Crippen LogP contribution in [0.25, 0.3) is 10.9 Å². The van der Waals surface area contributed by atoms with Crippen LogP contribution in [0.3, 0.4) is 0 Å². The molecule has 0 aliphatic rings. The van der Waals surface area contributed by atoms with Gasteiger partial charge in [0.1, 0.15) is 0 Å². The molecule has 0 unspecified atom stereocenters. The van der Waals surface area contributed by atoms with E-state index < -0.39 is 5.97 Å². The molecule has 4 nitrogen and oxygen atoms in total. The van der Waals surface area contributed by atoms with Gasteiger partial charge in [0.2, 0.25) is 0 Å². The SMILES string of the molecule is O=C(O)c1csc(CNc2cccc3ncccc23)c1. The maximum absolute atomic E-state index is 10.8. The van der Waals surface area contributed by atoms with Crippen molar-refractivity contribution in [2.24, 2.45) is 0 Å². The third kappa shape index (κ3) is 2.48. The second-order valence-corrected chi connectivity index (χ2v) is 5.33. The first-order valence-electron chi connectivity index (χ1n) is 6.12. The van der Waals surface area contributed by atoms with Crippen LogP contribution in [-0.2, 0) is 6.54 Å². The second-order valence-electron chi connectivity index (χ2n) is 4.34. The fourth-order valence-electron chi connectivity index (χ4n) is 2.03. The first kappa shape index (κ1) is 12.6. The number of rotatable bonds is 4. The molecule has 5 heteroatoms. The van der Waals surface area contributed by atoms with Crippen LogP contribution in [0.5, 0.6) is 0 Å². The molecule has 100 valence electrons. The number of anilines is 1. The highest BCUT2D eigenvalue weighted by Gasteiger charge is 2.07. The van der Waals surface area contributed by atoms with Gasteiger partial charge < -0.3 is 10.4 Å². The van der Waals surface area contributed by atoms with Crippen molar-refractivity contribution in [3.05, 3.63) is 58.4 Å². The van der Waals surface area contributed by atoms with Crippen molar-refractivity contribution in [3.8, 4) is 0 Å². The van der Waals surface area contributed by atoms with Crippen LogP contribution >= 0.6 is 11.3 Å². The molecule has 3 rings (SSSR count). The largest absolute Gasteiger partial charge is 0.478 e. The molecular weight excluding hydrogens is 272 g/mol. The Hall–Kier alpha value is -2.40. The summed E-state index contributed by atoms with van der Waals surface area (Å²) in [7, 11) is 0. The summed E-state index contributed by atoms with van der Waals surface area (Å²) in [5, 5.41) is 15.0. The Morgan fingerprint density at radius 1 is 1.30 bits per heavy atom. The van der Waals surface area contributed by atoms with E-state index in [-0.39, 0.29) is 0 Å². The third-order valence-corrected chi connectivity index (χ3v) is 3.94. The Kier molecular flexibility index (Phi) is 3.35. The average Bonchev–Trinajstić information content (AvgIpc) is 2.94. The summed E-state index contributed by atoms with van der Waals surface area (Å²) in [6.45, 7) is 0.603. The zero-order chi connectivity index (χ0) is 13.9. The van der Waals surface area contributed by atoms with Crippen LogP contribution in [-0.4, -0.2) is 16.1 Å². The van der Waals surface area contributed by atoms with Gasteiger partial charge >= 0.3 is 5.97 Å². The van der Waals surface area contributed by atoms with Gasteiger partial charge in [-0.1, -0.05) is 6.07 Å². The maximum atomic E-state index is 10.8. The fourth-order valence-corrected chi connectivity index (χ4v) is 2.82. The second kappa shape index (κ2) is 5.30. The molecule has 0 bridgehead atoms. The summed E-state index contributed by atoms with van der Waals surface area (Å²) in [6, 6.07) is 11.5. The minimum atomic E-state index is -0.887. The fraction of sp³-hybridized carbons (Fsp3) is 0.0667. The number of benzene rings is 1. The Bertz CT molecular complexity index is 762. The Morgan fingerprint density at radius 3 is 3.00 bits per heavy atom. The quantitative estimate of drug-likeness (QED) is 0.768. The van der Waals surface area contributed by atoms with E-state index in [0.717, 1.165) is 21.5 Å². The number of carbonyl (C=O) groups is 1. The number of nitrogens with one attached hydrogen (secondary N) is 1. The highest BCUT2D eigenvalue weighted by Crippen LogP contribution is 2.23. The zero-order valence-electron chi connectivity index (χ0n) is 10.5. The predicted molar refractivity (Wildman–Crippen MR) is 80.3 cm³/mol. The van der Waals surface area contributed by atoms with Gasteiger partial charge in [0.25, 0.3) is 0 Å². The molecule has 0 saturated carbocycles. The van der Waals surface area contributed by atoms with Gasteiger partial charge in [-0.25, -0.2) is 4.79 Å². The van der Waals surface area contributed by atoms with Crippen LogP contribution in [0.2, 0.25) is 0 Å². The molecule has 0 amide bonds. The van der Waals surface area contributed by atoms with Gasteiger partial charge in [0, 0.05) is 34.1 Å². The van der Waals surface area contributed by atoms with Crippen LogP contribution in [0, 0.1) is 0 Å². The number of nitrogens with zero attached hydrogens (tertiary/aromatic N) is 1. The summed E-state index contributed by atoms with van der Waals surface area (Å²) in [6.07, 6.45) is 1.77. The minimum absolute atomic E-state index is 0.339. The molecule has 2 heterocycles. The average molecular weight is 284 g/mol. The lowest BCUT2D eigenvalue weighted by molar-refractivity contribution is 0.0697. The topological polar surface area (TPSA) is 62.2 Å². The lowest BCUT2D eigenvalue weighted by atomic mass is 10.2. The summed E-state index contributed by atoms with van der Waals surface area (Å²) in [4.78, 5) is 16.1. The number of hydrogen-bond donors (Lipinski definition) is 2. The van der Waals surface area contributed by atoms with E-state index in [2.05, 4.69) is 10.3 Å². The Morgan fingerprint density at radius 2 is 2.20 bits per heavy atom. The summed E-state index contributed by atoms with van der Waals surface area (Å²) >= 11 is 1.44. The molecule has 0 radical (unpaired) electrons. The van der Waals surface area contributed by atoms with Crippen LogP contribution in [0.1, 0.15) is 15.2 Å². The van der Waals surface area contributed by atoms with Gasteiger partial charge in [-0.3, -0.25) is 4.98 Å². The van der Waals surface area contributed by atoms with E-state index in [4.69, 9.17) is 5.11 Å². The molecule has 2 N–H and O–H groups in total. The number of carboxylic acids is 1. The molecule has 2 aromatic heterocycles. The smallest absolute Gasteiger partial charge is 0.336 e. The molecule has 3 aromatic rings. The van der Waals surface area contributed by atoms with Crippen LogP contribution < -0.4 is 5.32 Å². The summed E-state index contributed by atoms with van der Waals surface area (Å²) in [5.41, 5.74) is 2.28. The van der Waals surface area contributed by atoms with E-state index in [1.165, 1.54) is 11.3 Å². The van der Waals surface area contributed by atoms with Gasteiger partial charge in [0.15, 0.2) is 0 Å². The number of carboxylic acid groups (broad SMARTS) is 1. The summed E-state index contributed by atoms with van der Waals surface area (Å²) < 4.78 is 0. The molecule has 0 aliphatic carbocycles. The van der Waals surface area contributed by atoms with E-state index in [1.54, 1.807) is 17.6 Å². The number of fused-ring (bicyclic) bond motifs is 1. The van der Waals surface area contributed by atoms with Gasteiger partial charge in [-0.15, -0.1) is 11.3 Å². The van der Waals surface area contributed by atoms with Crippen LogP contribution in [0.4, 0.5) is 5.69 Å². The number of aromatic carboxylic acids is 1. The van der Waals surface area contributed by atoms with Crippen LogP contribution in [0.15, 0.2) is 48.0 Å². The maximum Gasteiger partial charge on any atom is 0.336 e.